The average Bonchev–Trinajstić information content (AvgIpc) is 3.28. The number of thiazole rings is 1. The van der Waals surface area contributed by atoms with Gasteiger partial charge >= 0.3 is 6.18 Å². The molecular weight excluding hydrogens is 447 g/mol. The number of hydrogen-bond donors (Lipinski definition) is 2. The van der Waals surface area contributed by atoms with Crippen molar-refractivity contribution in [3.63, 3.8) is 0 Å². The molecule has 3 N–H and O–H groups in total. The molecule has 1 aromatic carbocycles. The summed E-state index contributed by atoms with van der Waals surface area (Å²) in [4.78, 5) is 25.6. The van der Waals surface area contributed by atoms with Gasteiger partial charge in [0.05, 0.1) is 30.7 Å². The van der Waals surface area contributed by atoms with Crippen LogP contribution in [-0.4, -0.2) is 20.9 Å². The van der Waals surface area contributed by atoms with Crippen LogP contribution in [0.1, 0.15) is 15.2 Å². The van der Waals surface area contributed by atoms with Crippen LogP contribution in [0.15, 0.2) is 36.5 Å². The highest BCUT2D eigenvalue weighted by atomic mass is 35.5. The molecule has 0 spiro atoms. The van der Waals surface area contributed by atoms with Crippen molar-refractivity contribution in [1.29, 1.82) is 0 Å². The lowest BCUT2D eigenvalue weighted by Crippen LogP contribution is -2.09. The molecule has 0 unspecified atom stereocenters. The molecule has 0 bridgehead atoms. The van der Waals surface area contributed by atoms with Gasteiger partial charge in [0, 0.05) is 6.20 Å². The number of rotatable bonds is 3. The summed E-state index contributed by atoms with van der Waals surface area (Å²) in [6.45, 7) is 0. The quantitative estimate of drug-likeness (QED) is 0.436. The molecule has 12 heteroatoms. The SMILES string of the molecule is Nc1nccc(-c2ccc(C(=O)Nc3nc4c(Cl)cc(C(F)(F)F)cc4s3)s2)n1. The summed E-state index contributed by atoms with van der Waals surface area (Å²) in [6, 6.07) is 6.75. The number of nitrogens with one attached hydrogen (secondary N) is 1. The number of hydrogen-bond acceptors (Lipinski definition) is 7. The predicted molar refractivity (Wildman–Crippen MR) is 107 cm³/mol. The minimum atomic E-state index is -4.52. The van der Waals surface area contributed by atoms with E-state index in [1.165, 1.54) is 17.5 Å². The van der Waals surface area contributed by atoms with E-state index in [2.05, 4.69) is 20.3 Å². The summed E-state index contributed by atoms with van der Waals surface area (Å²) >= 11 is 8.02. The van der Waals surface area contributed by atoms with Crippen molar-refractivity contribution in [3.8, 4) is 10.6 Å². The Labute approximate surface area is 174 Å². The lowest BCUT2D eigenvalue weighted by Gasteiger charge is -2.06. The molecule has 0 saturated heterocycles. The summed E-state index contributed by atoms with van der Waals surface area (Å²) in [6.07, 6.45) is -3.01. The number of fused-ring (bicyclic) bond motifs is 1. The molecule has 0 saturated carbocycles. The zero-order chi connectivity index (χ0) is 20.8. The molecule has 0 aliphatic carbocycles. The van der Waals surface area contributed by atoms with E-state index < -0.39 is 17.6 Å². The third-order valence-corrected chi connectivity index (χ3v) is 6.07. The molecule has 1 amide bonds. The van der Waals surface area contributed by atoms with Gasteiger partial charge in [0.15, 0.2) is 5.13 Å². The third kappa shape index (κ3) is 4.02. The van der Waals surface area contributed by atoms with E-state index in [0.29, 0.717) is 15.4 Å². The molecule has 4 aromatic rings. The summed E-state index contributed by atoms with van der Waals surface area (Å²) in [5.74, 6) is -0.332. The number of aromatic nitrogens is 3. The van der Waals surface area contributed by atoms with Crippen LogP contribution in [0.5, 0.6) is 0 Å². The molecule has 4 rings (SSSR count). The van der Waals surface area contributed by atoms with Gasteiger partial charge in [-0.1, -0.05) is 22.9 Å². The summed E-state index contributed by atoms with van der Waals surface area (Å²) in [7, 11) is 0. The van der Waals surface area contributed by atoms with Gasteiger partial charge in [-0.2, -0.15) is 13.2 Å². The number of nitrogens with zero attached hydrogens (tertiary/aromatic N) is 3. The Kier molecular flexibility index (Phi) is 4.89. The van der Waals surface area contributed by atoms with Crippen LogP contribution >= 0.6 is 34.3 Å². The number of carbonyl (C=O) groups excluding carboxylic acids is 1. The summed E-state index contributed by atoms with van der Waals surface area (Å²) in [5, 5.41) is 2.60. The zero-order valence-corrected chi connectivity index (χ0v) is 16.5. The zero-order valence-electron chi connectivity index (χ0n) is 14.1. The van der Waals surface area contributed by atoms with Crippen LogP contribution < -0.4 is 11.1 Å². The molecule has 0 fully saturated rings. The van der Waals surface area contributed by atoms with Crippen molar-refractivity contribution in [3.05, 3.63) is 52.0 Å². The van der Waals surface area contributed by atoms with Gasteiger partial charge in [-0.3, -0.25) is 10.1 Å². The van der Waals surface area contributed by atoms with Crippen LogP contribution in [0, 0.1) is 0 Å². The van der Waals surface area contributed by atoms with Gasteiger partial charge in [-0.05, 0) is 30.3 Å². The fourth-order valence-electron chi connectivity index (χ4n) is 2.47. The van der Waals surface area contributed by atoms with Gasteiger partial charge < -0.3 is 5.73 Å². The van der Waals surface area contributed by atoms with E-state index in [9.17, 15) is 18.0 Å². The molecule has 3 heterocycles. The highest BCUT2D eigenvalue weighted by Crippen LogP contribution is 2.38. The van der Waals surface area contributed by atoms with Crippen LogP contribution in [-0.2, 0) is 6.18 Å². The van der Waals surface area contributed by atoms with E-state index in [1.807, 2.05) is 0 Å². The first-order valence-electron chi connectivity index (χ1n) is 7.88. The normalized spacial score (nSPS) is 11.7. The maximum Gasteiger partial charge on any atom is 0.416 e. The number of carbonyl (C=O) groups is 1. The Bertz CT molecular complexity index is 1240. The van der Waals surface area contributed by atoms with Crippen LogP contribution in [0.4, 0.5) is 24.3 Å². The fraction of sp³-hybridized carbons (Fsp3) is 0.0588. The van der Waals surface area contributed by atoms with Gasteiger partial charge in [-0.15, -0.1) is 11.3 Å². The number of anilines is 2. The molecule has 0 aliphatic heterocycles. The lowest BCUT2D eigenvalue weighted by atomic mass is 10.2. The Balaban J connectivity index is 1.59. The number of halogens is 4. The molecule has 6 nitrogen and oxygen atoms in total. The Morgan fingerprint density at radius 2 is 1.93 bits per heavy atom. The van der Waals surface area contributed by atoms with Gasteiger partial charge in [0.25, 0.3) is 5.91 Å². The smallest absolute Gasteiger partial charge is 0.368 e. The number of nitrogens with two attached hydrogens (primary N) is 1. The van der Waals surface area contributed by atoms with E-state index in [-0.39, 0.29) is 26.3 Å². The van der Waals surface area contributed by atoms with E-state index in [4.69, 9.17) is 17.3 Å². The van der Waals surface area contributed by atoms with Crippen molar-refractivity contribution in [2.24, 2.45) is 0 Å². The number of nitrogen functional groups attached to an aromatic ring is 1. The second-order valence-electron chi connectivity index (χ2n) is 5.74. The first-order chi connectivity index (χ1) is 13.7. The van der Waals surface area contributed by atoms with Gasteiger partial charge in [0.2, 0.25) is 5.95 Å². The van der Waals surface area contributed by atoms with Crippen LogP contribution in [0.3, 0.4) is 0 Å². The minimum absolute atomic E-state index is 0.117. The summed E-state index contributed by atoms with van der Waals surface area (Å²) in [5.41, 5.74) is 5.47. The van der Waals surface area contributed by atoms with Gasteiger partial charge in [-0.25, -0.2) is 15.0 Å². The highest BCUT2D eigenvalue weighted by molar-refractivity contribution is 7.22. The van der Waals surface area contributed by atoms with E-state index in [0.717, 1.165) is 23.5 Å². The standard InChI is InChI=1S/C17H9ClF3N5OS2/c18-8-5-7(17(19,20)21)6-12-13(8)25-16(29-12)26-14(27)11-2-1-10(28-11)9-3-4-23-15(22)24-9/h1-6H,(H2,22,23,24)(H,25,26,27). The second kappa shape index (κ2) is 7.25. The maximum absolute atomic E-state index is 12.9. The highest BCUT2D eigenvalue weighted by Gasteiger charge is 2.32. The Hall–Kier alpha value is -2.76. The second-order valence-corrected chi connectivity index (χ2v) is 8.26. The molecule has 0 radical (unpaired) electrons. The molecule has 3 aromatic heterocycles. The number of thiophene rings is 1. The van der Waals surface area contributed by atoms with Crippen LogP contribution in [0.25, 0.3) is 20.8 Å². The molecular formula is C17H9ClF3N5OS2. The largest absolute Gasteiger partial charge is 0.416 e. The number of benzene rings is 1. The summed E-state index contributed by atoms with van der Waals surface area (Å²) < 4.78 is 39.1. The van der Waals surface area contributed by atoms with Gasteiger partial charge in [0.1, 0.15) is 5.52 Å². The topological polar surface area (TPSA) is 93.8 Å². The Morgan fingerprint density at radius 1 is 1.14 bits per heavy atom. The van der Waals surface area contributed by atoms with E-state index in [1.54, 1.807) is 18.2 Å². The third-order valence-electron chi connectivity index (χ3n) is 3.75. The van der Waals surface area contributed by atoms with Crippen molar-refractivity contribution in [2.45, 2.75) is 6.18 Å². The Morgan fingerprint density at radius 3 is 2.66 bits per heavy atom. The fourth-order valence-corrected chi connectivity index (χ4v) is 4.59. The monoisotopic (exact) mass is 455 g/mol. The predicted octanol–water partition coefficient (Wildman–Crippen LogP) is 5.32. The van der Waals surface area contributed by atoms with Crippen molar-refractivity contribution < 1.29 is 18.0 Å². The van der Waals surface area contributed by atoms with Crippen molar-refractivity contribution in [1.82, 2.24) is 15.0 Å². The number of alkyl halides is 3. The molecule has 0 aliphatic rings. The van der Waals surface area contributed by atoms with Crippen molar-refractivity contribution in [2.75, 3.05) is 11.1 Å². The van der Waals surface area contributed by atoms with Crippen LogP contribution in [0.2, 0.25) is 5.02 Å². The molecule has 0 atom stereocenters. The first kappa shape index (κ1) is 19.6. The maximum atomic E-state index is 12.9. The van der Waals surface area contributed by atoms with Crippen molar-refractivity contribution >= 4 is 61.5 Å². The first-order valence-corrected chi connectivity index (χ1v) is 9.89. The minimum Gasteiger partial charge on any atom is -0.368 e. The average molecular weight is 456 g/mol. The van der Waals surface area contributed by atoms with E-state index >= 15 is 0 Å². The molecule has 148 valence electrons. The molecule has 29 heavy (non-hydrogen) atoms. The number of amides is 1. The lowest BCUT2D eigenvalue weighted by molar-refractivity contribution is -0.137.